The van der Waals surface area contributed by atoms with Gasteiger partial charge in [-0.15, -0.1) is 0 Å². The number of aliphatic imine (C=N–C) groups is 1. The van der Waals surface area contributed by atoms with E-state index in [0.717, 1.165) is 0 Å². The third-order valence-electron chi connectivity index (χ3n) is 3.52. The number of amides is 1. The molecule has 0 saturated heterocycles. The van der Waals surface area contributed by atoms with Gasteiger partial charge in [-0.1, -0.05) is 12.1 Å². The maximum atomic E-state index is 12.8. The molecule has 0 aromatic heterocycles. The van der Waals surface area contributed by atoms with Gasteiger partial charge in [-0.05, 0) is 36.4 Å². The number of rotatable bonds is 5. The molecule has 8 nitrogen and oxygen atoms in total. The topological polar surface area (TPSA) is 114 Å². The molecule has 1 amide bonds. The molecule has 0 aliphatic carbocycles. The number of hydrogen-bond acceptors (Lipinski definition) is 6. The SMILES string of the molecule is O=C(COC(=O)CN=C1NS(=O)(=O)c2ccccc21)Nc1ccc(F)cc1. The Hall–Kier alpha value is -3.27. The minimum atomic E-state index is -3.69. The summed E-state index contributed by atoms with van der Waals surface area (Å²) in [6.07, 6.45) is 0. The minimum Gasteiger partial charge on any atom is -0.454 e. The van der Waals surface area contributed by atoms with Crippen molar-refractivity contribution in [1.29, 1.82) is 0 Å². The Labute approximate surface area is 154 Å². The predicted molar refractivity (Wildman–Crippen MR) is 94.2 cm³/mol. The van der Waals surface area contributed by atoms with Gasteiger partial charge in [0, 0.05) is 11.3 Å². The second-order valence-corrected chi connectivity index (χ2v) is 7.13. The molecule has 10 heteroatoms. The summed E-state index contributed by atoms with van der Waals surface area (Å²) in [6.45, 7) is -1.01. The highest BCUT2D eigenvalue weighted by Crippen LogP contribution is 2.22. The highest BCUT2D eigenvalue weighted by molar-refractivity contribution is 7.90. The quantitative estimate of drug-likeness (QED) is 0.740. The smallest absolute Gasteiger partial charge is 0.328 e. The van der Waals surface area contributed by atoms with Gasteiger partial charge in [0.2, 0.25) is 0 Å². The third kappa shape index (κ3) is 4.47. The summed E-state index contributed by atoms with van der Waals surface area (Å²) in [5.74, 6) is -1.81. The second kappa shape index (κ2) is 7.54. The molecule has 2 N–H and O–H groups in total. The molecule has 140 valence electrons. The average Bonchev–Trinajstić information content (AvgIpc) is 2.91. The molecule has 0 atom stereocenters. The molecule has 27 heavy (non-hydrogen) atoms. The molecule has 0 unspecified atom stereocenters. The fraction of sp³-hybridized carbons (Fsp3) is 0.118. The lowest BCUT2D eigenvalue weighted by Gasteiger charge is -2.06. The molecule has 3 rings (SSSR count). The number of amidine groups is 1. The number of halogens is 1. The Balaban J connectivity index is 1.54. The van der Waals surface area contributed by atoms with Crippen molar-refractivity contribution < 1.29 is 27.1 Å². The van der Waals surface area contributed by atoms with Crippen LogP contribution in [0.3, 0.4) is 0 Å². The summed E-state index contributed by atoms with van der Waals surface area (Å²) < 4.78 is 43.7. The molecule has 0 radical (unpaired) electrons. The zero-order valence-electron chi connectivity index (χ0n) is 13.8. The van der Waals surface area contributed by atoms with Gasteiger partial charge >= 0.3 is 5.97 Å². The molecule has 2 aromatic carbocycles. The molecule has 0 saturated carbocycles. The van der Waals surface area contributed by atoms with Crippen LogP contribution in [0.1, 0.15) is 5.56 Å². The largest absolute Gasteiger partial charge is 0.454 e. The number of carbonyl (C=O) groups excluding carboxylic acids is 2. The lowest BCUT2D eigenvalue weighted by molar-refractivity contribution is -0.145. The number of nitrogens with one attached hydrogen (secondary N) is 2. The van der Waals surface area contributed by atoms with E-state index >= 15 is 0 Å². The van der Waals surface area contributed by atoms with Crippen LogP contribution < -0.4 is 10.0 Å². The number of carbonyl (C=O) groups is 2. The van der Waals surface area contributed by atoms with E-state index in [2.05, 4.69) is 15.0 Å². The Morgan fingerprint density at radius 2 is 1.81 bits per heavy atom. The van der Waals surface area contributed by atoms with E-state index in [9.17, 15) is 22.4 Å². The second-order valence-electron chi connectivity index (χ2n) is 5.48. The standard InChI is InChI=1S/C17H14FN3O5S/c18-11-5-7-12(8-6-11)20-15(22)10-26-16(23)9-19-17-13-3-1-2-4-14(13)27(24,25)21-17/h1-8H,9-10H2,(H,19,21)(H,20,22). The first-order chi connectivity index (χ1) is 12.8. The normalized spacial score (nSPS) is 15.7. The summed E-state index contributed by atoms with van der Waals surface area (Å²) in [6, 6.07) is 11.3. The summed E-state index contributed by atoms with van der Waals surface area (Å²) >= 11 is 0. The van der Waals surface area contributed by atoms with Crippen molar-refractivity contribution in [2.75, 3.05) is 18.5 Å². The van der Waals surface area contributed by atoms with Crippen molar-refractivity contribution in [3.8, 4) is 0 Å². The van der Waals surface area contributed by atoms with Crippen LogP contribution in [0.15, 0.2) is 58.4 Å². The molecular formula is C17H14FN3O5S. The Kier molecular flexibility index (Phi) is 5.17. The Bertz CT molecular complexity index is 1020. The Morgan fingerprint density at radius 3 is 2.56 bits per heavy atom. The van der Waals surface area contributed by atoms with E-state index in [4.69, 9.17) is 4.74 Å². The number of sulfonamides is 1. The molecule has 2 aromatic rings. The minimum absolute atomic E-state index is 0.0401. The maximum absolute atomic E-state index is 12.8. The first-order valence-corrected chi connectivity index (χ1v) is 9.21. The summed E-state index contributed by atoms with van der Waals surface area (Å²) in [5.41, 5.74) is 0.717. The number of hydrogen-bond donors (Lipinski definition) is 2. The van der Waals surface area contributed by atoms with Crippen LogP contribution in [0.25, 0.3) is 0 Å². The van der Waals surface area contributed by atoms with Gasteiger partial charge in [0.05, 0.1) is 4.90 Å². The van der Waals surface area contributed by atoms with Crippen molar-refractivity contribution >= 4 is 33.4 Å². The van der Waals surface area contributed by atoms with Crippen molar-refractivity contribution in [3.05, 3.63) is 59.9 Å². The van der Waals surface area contributed by atoms with Crippen LogP contribution in [0.2, 0.25) is 0 Å². The first-order valence-electron chi connectivity index (χ1n) is 7.73. The van der Waals surface area contributed by atoms with Gasteiger partial charge < -0.3 is 10.1 Å². The third-order valence-corrected chi connectivity index (χ3v) is 4.92. The first kappa shape index (κ1) is 18.5. The van der Waals surface area contributed by atoms with Crippen molar-refractivity contribution in [3.63, 3.8) is 0 Å². The zero-order chi connectivity index (χ0) is 19.4. The lowest BCUT2D eigenvalue weighted by Crippen LogP contribution is -2.25. The number of benzene rings is 2. The van der Waals surface area contributed by atoms with Crippen LogP contribution in [0.5, 0.6) is 0 Å². The van der Waals surface area contributed by atoms with Gasteiger partial charge in [-0.3, -0.25) is 19.3 Å². The van der Waals surface area contributed by atoms with Gasteiger partial charge in [0.1, 0.15) is 18.2 Å². The molecule has 1 aliphatic heterocycles. The Morgan fingerprint density at radius 1 is 1.11 bits per heavy atom. The van der Waals surface area contributed by atoms with Crippen LogP contribution in [-0.2, 0) is 24.3 Å². The fourth-order valence-corrected chi connectivity index (χ4v) is 3.57. The summed E-state index contributed by atoms with van der Waals surface area (Å²) in [5, 5.41) is 2.44. The van der Waals surface area contributed by atoms with E-state index < -0.39 is 40.9 Å². The molecule has 0 bridgehead atoms. The van der Waals surface area contributed by atoms with E-state index in [-0.39, 0.29) is 10.7 Å². The fourth-order valence-electron chi connectivity index (χ4n) is 2.32. The summed E-state index contributed by atoms with van der Waals surface area (Å²) in [7, 11) is -3.69. The van der Waals surface area contributed by atoms with Gasteiger partial charge in [0.15, 0.2) is 6.61 Å². The van der Waals surface area contributed by atoms with Crippen LogP contribution in [-0.4, -0.2) is 39.3 Å². The van der Waals surface area contributed by atoms with Gasteiger partial charge in [-0.2, -0.15) is 0 Å². The number of fused-ring (bicyclic) bond motifs is 1. The van der Waals surface area contributed by atoms with E-state index in [1.54, 1.807) is 18.2 Å². The molecule has 0 spiro atoms. The van der Waals surface area contributed by atoms with Gasteiger partial charge in [0.25, 0.3) is 15.9 Å². The maximum Gasteiger partial charge on any atom is 0.328 e. The van der Waals surface area contributed by atoms with Gasteiger partial charge in [-0.25, -0.2) is 12.8 Å². The molecular weight excluding hydrogens is 377 g/mol. The lowest BCUT2D eigenvalue weighted by atomic mass is 10.2. The van der Waals surface area contributed by atoms with Crippen molar-refractivity contribution in [1.82, 2.24) is 4.72 Å². The highest BCUT2D eigenvalue weighted by Gasteiger charge is 2.30. The summed E-state index contributed by atoms with van der Waals surface area (Å²) in [4.78, 5) is 27.4. The number of nitrogens with zero attached hydrogens (tertiary/aromatic N) is 1. The zero-order valence-corrected chi connectivity index (χ0v) is 14.6. The average molecular weight is 391 g/mol. The van der Waals surface area contributed by atoms with E-state index in [1.165, 1.54) is 30.3 Å². The molecule has 1 aliphatic rings. The van der Waals surface area contributed by atoms with Crippen LogP contribution in [0.4, 0.5) is 10.1 Å². The number of ether oxygens (including phenoxy) is 1. The molecule has 1 heterocycles. The monoisotopic (exact) mass is 391 g/mol. The van der Waals surface area contributed by atoms with Crippen molar-refractivity contribution in [2.45, 2.75) is 4.90 Å². The van der Waals surface area contributed by atoms with Crippen LogP contribution in [0, 0.1) is 5.82 Å². The molecule has 0 fully saturated rings. The van der Waals surface area contributed by atoms with E-state index in [1.807, 2.05) is 0 Å². The highest BCUT2D eigenvalue weighted by atomic mass is 32.2. The van der Waals surface area contributed by atoms with Crippen LogP contribution >= 0.6 is 0 Å². The predicted octanol–water partition coefficient (Wildman–Crippen LogP) is 1.05. The number of anilines is 1. The van der Waals surface area contributed by atoms with E-state index in [0.29, 0.717) is 11.3 Å². The number of esters is 1. The van der Waals surface area contributed by atoms with Crippen molar-refractivity contribution in [2.24, 2.45) is 4.99 Å².